The van der Waals surface area contributed by atoms with Gasteiger partial charge in [0, 0.05) is 26.2 Å². The largest absolute Gasteiger partial charge is 0.353 e. The molecule has 1 amide bonds. The molecule has 0 saturated carbocycles. The van der Waals surface area contributed by atoms with Gasteiger partial charge in [0.1, 0.15) is 11.0 Å². The summed E-state index contributed by atoms with van der Waals surface area (Å²) >= 11 is 7.45. The highest BCUT2D eigenvalue weighted by molar-refractivity contribution is 8.18. The van der Waals surface area contributed by atoms with Crippen LogP contribution >= 0.6 is 23.4 Å². The Morgan fingerprint density at radius 1 is 1.04 bits per heavy atom. The van der Waals surface area contributed by atoms with Crippen molar-refractivity contribution in [1.82, 2.24) is 9.88 Å². The van der Waals surface area contributed by atoms with Crippen LogP contribution in [0.2, 0.25) is 5.15 Å². The summed E-state index contributed by atoms with van der Waals surface area (Å²) in [5, 5.41) is 1.29. The second kappa shape index (κ2) is 7.74. The van der Waals surface area contributed by atoms with Crippen molar-refractivity contribution in [3.8, 4) is 0 Å². The van der Waals surface area contributed by atoms with Gasteiger partial charge in [-0.15, -0.1) is 0 Å². The Balaban J connectivity index is 1.40. The third kappa shape index (κ3) is 4.17. The number of pyridine rings is 1. The quantitative estimate of drug-likeness (QED) is 0.568. The summed E-state index contributed by atoms with van der Waals surface area (Å²) in [6.07, 6.45) is 1.91. The number of thioether (sulfide) groups is 1. The van der Waals surface area contributed by atoms with Gasteiger partial charge in [0.2, 0.25) is 0 Å². The summed E-state index contributed by atoms with van der Waals surface area (Å²) < 4.78 is 0. The third-order valence-electron chi connectivity index (χ3n) is 4.56. The zero-order chi connectivity index (χ0) is 18.8. The monoisotopic (exact) mass is 398 g/mol. The van der Waals surface area contributed by atoms with Gasteiger partial charge >= 0.3 is 0 Å². The first-order chi connectivity index (χ1) is 13.1. The van der Waals surface area contributed by atoms with E-state index in [0.717, 1.165) is 42.7 Å². The fraction of sp³-hybridized carbons (Fsp3) is 0.250. The number of rotatable bonds is 2. The predicted octanol–water partition coefficient (Wildman–Crippen LogP) is 3.84. The van der Waals surface area contributed by atoms with E-state index in [2.05, 4.69) is 19.8 Å². The van der Waals surface area contributed by atoms with Crippen molar-refractivity contribution >= 4 is 46.3 Å². The van der Waals surface area contributed by atoms with Crippen LogP contribution in [0.15, 0.2) is 52.4 Å². The Morgan fingerprint density at radius 3 is 2.44 bits per heavy atom. The molecule has 1 saturated heterocycles. The second-order valence-electron chi connectivity index (χ2n) is 6.51. The number of halogens is 1. The lowest BCUT2D eigenvalue weighted by Crippen LogP contribution is -2.48. The molecule has 3 heterocycles. The number of piperazine rings is 1. The number of amides is 1. The topological polar surface area (TPSA) is 48.8 Å². The van der Waals surface area contributed by atoms with Crippen molar-refractivity contribution < 1.29 is 4.79 Å². The first-order valence-electron chi connectivity index (χ1n) is 8.80. The van der Waals surface area contributed by atoms with Crippen LogP contribution in [0, 0.1) is 6.92 Å². The van der Waals surface area contributed by atoms with E-state index in [9.17, 15) is 4.79 Å². The van der Waals surface area contributed by atoms with Crippen molar-refractivity contribution in [2.45, 2.75) is 6.92 Å². The van der Waals surface area contributed by atoms with Crippen molar-refractivity contribution in [1.29, 1.82) is 0 Å². The Bertz CT molecular complexity index is 918. The minimum absolute atomic E-state index is 0.158. The Hall–Kier alpha value is -2.31. The summed E-state index contributed by atoms with van der Waals surface area (Å²) in [5.74, 6) is 0.730. The van der Waals surface area contributed by atoms with Gasteiger partial charge in [-0.3, -0.25) is 4.79 Å². The predicted molar refractivity (Wildman–Crippen MR) is 112 cm³/mol. The summed E-state index contributed by atoms with van der Waals surface area (Å²) in [7, 11) is 0. The second-order valence-corrected chi connectivity index (χ2v) is 7.91. The SMILES string of the molecule is Cc1ccc(C=C2SC(N3CCN(c4cccc(Cl)n4)CC3)=NC2=O)cc1. The van der Waals surface area contributed by atoms with Crippen molar-refractivity contribution in [2.24, 2.45) is 4.99 Å². The molecule has 0 bridgehead atoms. The molecule has 2 aromatic rings. The van der Waals surface area contributed by atoms with E-state index in [1.807, 2.05) is 49.4 Å². The average molecular weight is 399 g/mol. The van der Waals surface area contributed by atoms with Gasteiger partial charge < -0.3 is 9.80 Å². The number of carbonyl (C=O) groups is 1. The molecule has 7 heteroatoms. The highest BCUT2D eigenvalue weighted by atomic mass is 35.5. The van der Waals surface area contributed by atoms with Crippen LogP contribution < -0.4 is 4.90 Å². The molecule has 27 heavy (non-hydrogen) atoms. The molecular formula is C20H19ClN4OS. The lowest BCUT2D eigenvalue weighted by Gasteiger charge is -2.36. The zero-order valence-electron chi connectivity index (χ0n) is 14.9. The smallest absolute Gasteiger partial charge is 0.286 e. The average Bonchev–Trinajstić information content (AvgIpc) is 3.04. The van der Waals surface area contributed by atoms with Crippen LogP contribution in [-0.2, 0) is 4.79 Å². The van der Waals surface area contributed by atoms with E-state index in [1.54, 1.807) is 6.07 Å². The number of nitrogens with zero attached hydrogens (tertiary/aromatic N) is 4. The van der Waals surface area contributed by atoms with E-state index >= 15 is 0 Å². The fourth-order valence-corrected chi connectivity index (χ4v) is 4.17. The van der Waals surface area contributed by atoms with Crippen LogP contribution in [0.3, 0.4) is 0 Å². The molecule has 0 unspecified atom stereocenters. The highest BCUT2D eigenvalue weighted by Crippen LogP contribution is 2.31. The first kappa shape index (κ1) is 18.1. The lowest BCUT2D eigenvalue weighted by molar-refractivity contribution is -0.113. The van der Waals surface area contributed by atoms with E-state index in [1.165, 1.54) is 17.3 Å². The molecule has 4 rings (SSSR count). The maximum absolute atomic E-state index is 12.3. The van der Waals surface area contributed by atoms with Crippen LogP contribution in [0.1, 0.15) is 11.1 Å². The molecule has 138 valence electrons. The molecule has 2 aliphatic rings. The standard InChI is InChI=1S/C20H19ClN4OS/c1-14-5-7-15(8-6-14)13-16-19(26)23-20(27-16)25-11-9-24(10-12-25)18-4-2-3-17(21)22-18/h2-8,13H,9-12H2,1H3. The van der Waals surface area contributed by atoms with Crippen LogP contribution in [-0.4, -0.2) is 47.1 Å². The molecule has 0 aliphatic carbocycles. The first-order valence-corrected chi connectivity index (χ1v) is 10.00. The number of hydrogen-bond donors (Lipinski definition) is 0. The van der Waals surface area contributed by atoms with Gasteiger partial charge in [0.25, 0.3) is 5.91 Å². The van der Waals surface area contributed by atoms with Crippen LogP contribution in [0.4, 0.5) is 5.82 Å². The lowest BCUT2D eigenvalue weighted by atomic mass is 10.1. The number of benzene rings is 1. The minimum atomic E-state index is -0.158. The van der Waals surface area contributed by atoms with Crippen molar-refractivity contribution in [3.63, 3.8) is 0 Å². The Labute approximate surface area is 167 Å². The van der Waals surface area contributed by atoms with Crippen molar-refractivity contribution in [3.05, 3.63) is 63.6 Å². The Morgan fingerprint density at radius 2 is 1.74 bits per heavy atom. The molecule has 0 atom stereocenters. The summed E-state index contributed by atoms with van der Waals surface area (Å²) in [6.45, 7) is 5.28. The maximum atomic E-state index is 12.3. The number of amidine groups is 1. The van der Waals surface area contributed by atoms with E-state index in [-0.39, 0.29) is 5.91 Å². The van der Waals surface area contributed by atoms with Gasteiger partial charge in [-0.2, -0.15) is 4.99 Å². The van der Waals surface area contributed by atoms with E-state index in [4.69, 9.17) is 11.6 Å². The number of aryl methyl sites for hydroxylation is 1. The van der Waals surface area contributed by atoms with Crippen LogP contribution in [0.25, 0.3) is 6.08 Å². The number of aromatic nitrogens is 1. The van der Waals surface area contributed by atoms with Gasteiger partial charge in [-0.05, 0) is 42.5 Å². The molecule has 1 aromatic heterocycles. The molecule has 1 fully saturated rings. The van der Waals surface area contributed by atoms with E-state index in [0.29, 0.717) is 10.1 Å². The zero-order valence-corrected chi connectivity index (χ0v) is 16.5. The summed E-state index contributed by atoms with van der Waals surface area (Å²) in [4.78, 5) is 26.0. The fourth-order valence-electron chi connectivity index (χ4n) is 3.05. The van der Waals surface area contributed by atoms with Crippen molar-refractivity contribution in [2.75, 3.05) is 31.1 Å². The molecule has 5 nitrogen and oxygen atoms in total. The normalized spacial score (nSPS) is 19.0. The molecule has 0 N–H and O–H groups in total. The molecule has 0 radical (unpaired) electrons. The Kier molecular flexibility index (Phi) is 5.18. The molecule has 0 spiro atoms. The highest BCUT2D eigenvalue weighted by Gasteiger charge is 2.28. The maximum Gasteiger partial charge on any atom is 0.286 e. The third-order valence-corrected chi connectivity index (χ3v) is 5.81. The number of aliphatic imine (C=N–C) groups is 1. The minimum Gasteiger partial charge on any atom is -0.353 e. The van der Waals surface area contributed by atoms with Gasteiger partial charge in [0.05, 0.1) is 4.91 Å². The van der Waals surface area contributed by atoms with Crippen LogP contribution in [0.5, 0.6) is 0 Å². The number of hydrogen-bond acceptors (Lipinski definition) is 5. The number of carbonyl (C=O) groups excluding carboxylic acids is 1. The number of anilines is 1. The van der Waals surface area contributed by atoms with Gasteiger partial charge in [-0.1, -0.05) is 47.5 Å². The molecular weight excluding hydrogens is 380 g/mol. The summed E-state index contributed by atoms with van der Waals surface area (Å²) in [6, 6.07) is 13.8. The van der Waals surface area contributed by atoms with Gasteiger partial charge in [-0.25, -0.2) is 4.98 Å². The molecule has 1 aromatic carbocycles. The van der Waals surface area contributed by atoms with Gasteiger partial charge in [0.15, 0.2) is 5.17 Å². The molecule has 2 aliphatic heterocycles. The van der Waals surface area contributed by atoms with E-state index < -0.39 is 0 Å². The summed E-state index contributed by atoms with van der Waals surface area (Å²) in [5.41, 5.74) is 2.22.